The maximum Gasteiger partial charge on any atom is 0.330 e. The average Bonchev–Trinajstić information content (AvgIpc) is 2.63. The molecule has 0 unspecified atom stereocenters. The molecule has 0 fully saturated rings. The van der Waals surface area contributed by atoms with E-state index >= 15 is 0 Å². The summed E-state index contributed by atoms with van der Waals surface area (Å²) in [6.45, 7) is 4.51. The molecule has 1 aromatic rings. The molecular formula is C10H15N3O3. The van der Waals surface area contributed by atoms with Crippen molar-refractivity contribution in [1.29, 1.82) is 0 Å². The van der Waals surface area contributed by atoms with Crippen LogP contribution < -0.4 is 5.32 Å². The van der Waals surface area contributed by atoms with Gasteiger partial charge in [0.15, 0.2) is 5.82 Å². The molecule has 6 heteroatoms. The van der Waals surface area contributed by atoms with Crippen LogP contribution in [0.2, 0.25) is 0 Å². The third-order valence-electron chi connectivity index (χ3n) is 1.98. The van der Waals surface area contributed by atoms with E-state index in [1.54, 1.807) is 19.9 Å². The first-order valence-corrected chi connectivity index (χ1v) is 4.99. The first-order chi connectivity index (χ1) is 7.59. The summed E-state index contributed by atoms with van der Waals surface area (Å²) < 4.78 is 4.81. The molecule has 88 valence electrons. The Balaban J connectivity index is 2.17. The summed E-state index contributed by atoms with van der Waals surface area (Å²) in [5.74, 6) is 0.316. The summed E-state index contributed by atoms with van der Waals surface area (Å²) in [4.78, 5) is 14.5. The van der Waals surface area contributed by atoms with Gasteiger partial charge in [-0.15, -0.1) is 0 Å². The van der Waals surface area contributed by atoms with Gasteiger partial charge >= 0.3 is 5.97 Å². The molecule has 0 aliphatic rings. The summed E-state index contributed by atoms with van der Waals surface area (Å²) in [5.41, 5.74) is 0.336. The van der Waals surface area contributed by atoms with Crippen LogP contribution in [-0.2, 0) is 11.2 Å². The molecule has 0 spiro atoms. The molecule has 0 aliphatic heterocycles. The maximum atomic E-state index is 10.5. The number of hydrogen-bond donors (Lipinski definition) is 2. The van der Waals surface area contributed by atoms with Gasteiger partial charge in [-0.25, -0.2) is 4.79 Å². The SMILES string of the molecule is CC(=CCNCCc1noc(C)n1)C(=O)O. The number of aromatic nitrogens is 2. The Morgan fingerprint density at radius 1 is 1.62 bits per heavy atom. The highest BCUT2D eigenvalue weighted by atomic mass is 16.5. The van der Waals surface area contributed by atoms with Crippen molar-refractivity contribution in [2.24, 2.45) is 0 Å². The zero-order chi connectivity index (χ0) is 12.0. The zero-order valence-electron chi connectivity index (χ0n) is 9.36. The molecule has 0 saturated heterocycles. The number of carboxylic acids is 1. The van der Waals surface area contributed by atoms with Crippen LogP contribution >= 0.6 is 0 Å². The van der Waals surface area contributed by atoms with E-state index in [4.69, 9.17) is 9.63 Å². The Labute approximate surface area is 93.4 Å². The van der Waals surface area contributed by atoms with Crippen LogP contribution in [0.5, 0.6) is 0 Å². The number of aryl methyl sites for hydroxylation is 1. The number of rotatable bonds is 6. The van der Waals surface area contributed by atoms with E-state index in [0.717, 1.165) is 0 Å². The van der Waals surface area contributed by atoms with Gasteiger partial charge in [0.2, 0.25) is 5.89 Å². The molecule has 2 N–H and O–H groups in total. The van der Waals surface area contributed by atoms with Crippen molar-refractivity contribution in [3.63, 3.8) is 0 Å². The van der Waals surface area contributed by atoms with Crippen molar-refractivity contribution in [2.75, 3.05) is 13.1 Å². The molecule has 0 atom stereocenters. The number of carboxylic acid groups (broad SMARTS) is 1. The van der Waals surface area contributed by atoms with Gasteiger partial charge in [-0.1, -0.05) is 11.2 Å². The molecular weight excluding hydrogens is 210 g/mol. The molecule has 6 nitrogen and oxygen atoms in total. The fourth-order valence-corrected chi connectivity index (χ4v) is 1.06. The summed E-state index contributed by atoms with van der Waals surface area (Å²) in [7, 11) is 0. The standard InChI is InChI=1S/C10H15N3O3/c1-7(10(14)15)3-5-11-6-4-9-12-8(2)16-13-9/h3,11H,4-6H2,1-2H3,(H,14,15). The minimum absolute atomic E-state index is 0.336. The van der Waals surface area contributed by atoms with E-state index in [0.29, 0.717) is 36.8 Å². The summed E-state index contributed by atoms with van der Waals surface area (Å²) >= 11 is 0. The van der Waals surface area contributed by atoms with Crippen LogP contribution in [0.3, 0.4) is 0 Å². The van der Waals surface area contributed by atoms with Gasteiger partial charge in [-0.05, 0) is 6.92 Å². The molecule has 0 bridgehead atoms. The zero-order valence-corrected chi connectivity index (χ0v) is 9.36. The van der Waals surface area contributed by atoms with Gasteiger partial charge in [-0.3, -0.25) is 0 Å². The molecule has 1 rings (SSSR count). The van der Waals surface area contributed by atoms with Crippen LogP contribution in [0, 0.1) is 6.92 Å². The fourth-order valence-electron chi connectivity index (χ4n) is 1.06. The van der Waals surface area contributed by atoms with E-state index in [2.05, 4.69) is 15.5 Å². The molecule has 1 heterocycles. The van der Waals surface area contributed by atoms with Crippen molar-refractivity contribution in [3.05, 3.63) is 23.4 Å². The van der Waals surface area contributed by atoms with Crippen LogP contribution in [0.4, 0.5) is 0 Å². The van der Waals surface area contributed by atoms with Crippen LogP contribution in [0.25, 0.3) is 0 Å². The topological polar surface area (TPSA) is 88.3 Å². The van der Waals surface area contributed by atoms with E-state index < -0.39 is 5.97 Å². The summed E-state index contributed by atoms with van der Waals surface area (Å²) in [6.07, 6.45) is 2.29. The second kappa shape index (κ2) is 6.02. The fraction of sp³-hybridized carbons (Fsp3) is 0.500. The third kappa shape index (κ3) is 4.22. The number of carbonyl (C=O) groups is 1. The van der Waals surface area contributed by atoms with E-state index in [1.807, 2.05) is 0 Å². The van der Waals surface area contributed by atoms with Gasteiger partial charge in [0.1, 0.15) is 0 Å². The Kier molecular flexibility index (Phi) is 4.65. The van der Waals surface area contributed by atoms with E-state index in [1.165, 1.54) is 0 Å². The number of aliphatic carboxylic acids is 1. The van der Waals surface area contributed by atoms with Crippen molar-refractivity contribution in [1.82, 2.24) is 15.5 Å². The molecule has 0 amide bonds. The van der Waals surface area contributed by atoms with Gasteiger partial charge in [0.25, 0.3) is 0 Å². The Bertz CT molecular complexity index is 384. The van der Waals surface area contributed by atoms with Crippen molar-refractivity contribution >= 4 is 5.97 Å². The largest absolute Gasteiger partial charge is 0.478 e. The molecule has 0 aliphatic carbocycles. The van der Waals surface area contributed by atoms with Gasteiger partial charge in [0, 0.05) is 32.0 Å². The van der Waals surface area contributed by atoms with Gasteiger partial charge < -0.3 is 14.9 Å². The lowest BCUT2D eigenvalue weighted by molar-refractivity contribution is -0.132. The number of nitrogens with one attached hydrogen (secondary N) is 1. The lowest BCUT2D eigenvalue weighted by Gasteiger charge is -1.98. The first-order valence-electron chi connectivity index (χ1n) is 4.99. The van der Waals surface area contributed by atoms with Crippen molar-refractivity contribution in [2.45, 2.75) is 20.3 Å². The highest BCUT2D eigenvalue weighted by Gasteiger charge is 2.01. The smallest absolute Gasteiger partial charge is 0.330 e. The normalized spacial score (nSPS) is 11.8. The predicted molar refractivity (Wildman–Crippen MR) is 57.0 cm³/mol. The van der Waals surface area contributed by atoms with Crippen molar-refractivity contribution in [3.8, 4) is 0 Å². The first kappa shape index (κ1) is 12.4. The second-order valence-corrected chi connectivity index (χ2v) is 3.38. The Morgan fingerprint density at radius 2 is 2.38 bits per heavy atom. The van der Waals surface area contributed by atoms with Gasteiger partial charge in [-0.2, -0.15) is 4.98 Å². The Morgan fingerprint density at radius 3 is 2.94 bits per heavy atom. The van der Waals surface area contributed by atoms with E-state index in [9.17, 15) is 4.79 Å². The third-order valence-corrected chi connectivity index (χ3v) is 1.98. The molecule has 0 radical (unpaired) electrons. The van der Waals surface area contributed by atoms with Crippen LogP contribution in [0.1, 0.15) is 18.6 Å². The lowest BCUT2D eigenvalue weighted by Crippen LogP contribution is -2.18. The number of nitrogens with zero attached hydrogens (tertiary/aromatic N) is 2. The molecule has 0 saturated carbocycles. The highest BCUT2D eigenvalue weighted by molar-refractivity contribution is 5.85. The predicted octanol–water partition coefficient (Wildman–Crippen LogP) is 0.541. The van der Waals surface area contributed by atoms with Crippen LogP contribution in [-0.4, -0.2) is 34.3 Å². The van der Waals surface area contributed by atoms with E-state index in [-0.39, 0.29) is 0 Å². The van der Waals surface area contributed by atoms with Crippen molar-refractivity contribution < 1.29 is 14.4 Å². The lowest BCUT2D eigenvalue weighted by atomic mass is 10.3. The molecule has 1 aromatic heterocycles. The highest BCUT2D eigenvalue weighted by Crippen LogP contribution is 1.95. The van der Waals surface area contributed by atoms with Gasteiger partial charge in [0.05, 0.1) is 0 Å². The maximum absolute atomic E-state index is 10.5. The van der Waals surface area contributed by atoms with Crippen LogP contribution in [0.15, 0.2) is 16.2 Å². The molecule has 0 aromatic carbocycles. The molecule has 16 heavy (non-hydrogen) atoms. The summed E-state index contributed by atoms with van der Waals surface area (Å²) in [6, 6.07) is 0. The quantitative estimate of drug-likeness (QED) is 0.542. The summed E-state index contributed by atoms with van der Waals surface area (Å²) in [5, 5.41) is 15.4. The Hall–Kier alpha value is -1.69. The monoisotopic (exact) mass is 225 g/mol. The number of hydrogen-bond acceptors (Lipinski definition) is 5. The second-order valence-electron chi connectivity index (χ2n) is 3.38. The minimum atomic E-state index is -0.893. The minimum Gasteiger partial charge on any atom is -0.478 e. The average molecular weight is 225 g/mol.